The predicted octanol–water partition coefficient (Wildman–Crippen LogP) is 2.85. The molecule has 0 aliphatic rings. The van der Waals surface area contributed by atoms with Gasteiger partial charge >= 0.3 is 5.97 Å². The summed E-state index contributed by atoms with van der Waals surface area (Å²) in [6.07, 6.45) is 5.04. The maximum atomic E-state index is 11.6. The number of carbonyl (C=O) groups is 1. The normalized spacial score (nSPS) is 10.7. The second kappa shape index (κ2) is 5.82. The maximum Gasteiger partial charge on any atom is 0.343 e. The molecule has 0 aliphatic heterocycles. The lowest BCUT2D eigenvalue weighted by molar-refractivity contribution is 0.0548. The third-order valence-corrected chi connectivity index (χ3v) is 2.39. The Morgan fingerprint density at radius 3 is 2.83 bits per heavy atom. The van der Waals surface area contributed by atoms with E-state index in [9.17, 15) is 4.79 Å². The molecule has 0 unspecified atom stereocenters. The van der Waals surface area contributed by atoms with E-state index >= 15 is 0 Å². The summed E-state index contributed by atoms with van der Waals surface area (Å²) in [5.41, 5.74) is 1.43. The lowest BCUT2D eigenvalue weighted by Crippen LogP contribution is -2.05. The number of hydrogen-bond acceptors (Lipinski definition) is 4. The largest absolute Gasteiger partial charge is 0.458 e. The molecule has 2 rings (SSSR count). The summed E-state index contributed by atoms with van der Waals surface area (Å²) < 4.78 is 9.86. The minimum Gasteiger partial charge on any atom is -0.458 e. The van der Waals surface area contributed by atoms with Gasteiger partial charge in [0.25, 0.3) is 0 Å². The summed E-state index contributed by atoms with van der Waals surface area (Å²) in [6, 6.07) is 9.80. The second-order valence-corrected chi connectivity index (χ2v) is 3.71. The zero-order valence-corrected chi connectivity index (χ0v) is 10.00. The summed E-state index contributed by atoms with van der Waals surface area (Å²) in [6.45, 7) is 1.89. The predicted molar refractivity (Wildman–Crippen MR) is 67.0 cm³/mol. The number of rotatable bonds is 4. The molecule has 0 saturated heterocycles. The number of benzene rings is 1. The number of hydrogen-bond donors (Lipinski definition) is 0. The van der Waals surface area contributed by atoms with Crippen LogP contribution in [0.3, 0.4) is 0 Å². The summed E-state index contributed by atoms with van der Waals surface area (Å²) in [5.74, 6) is 0.0403. The van der Waals surface area contributed by atoms with Gasteiger partial charge in [-0.2, -0.15) is 0 Å². The molecule has 0 amide bonds. The average molecular weight is 243 g/mol. The number of nitrogens with zero attached hydrogens (tertiary/aromatic N) is 1. The van der Waals surface area contributed by atoms with Crippen molar-refractivity contribution in [3.05, 3.63) is 59.5 Å². The molecule has 2 aromatic rings. The molecule has 4 nitrogen and oxygen atoms in total. The van der Waals surface area contributed by atoms with E-state index in [1.165, 1.54) is 6.20 Å². The standard InChI is InChI=1S/C14H13NO3/c1-11-13(10-15-18-11)14(16)17-9-5-8-12-6-3-2-4-7-12/h2-8,10H,9H2,1H3. The van der Waals surface area contributed by atoms with E-state index in [0.717, 1.165) is 5.56 Å². The van der Waals surface area contributed by atoms with Crippen LogP contribution in [0.4, 0.5) is 0 Å². The number of aromatic nitrogens is 1. The molecule has 0 N–H and O–H groups in total. The highest BCUT2D eigenvalue weighted by molar-refractivity contribution is 5.90. The first kappa shape index (κ1) is 12.1. The van der Waals surface area contributed by atoms with Gasteiger partial charge in [0.05, 0.1) is 6.20 Å². The van der Waals surface area contributed by atoms with E-state index in [1.54, 1.807) is 13.0 Å². The molecule has 18 heavy (non-hydrogen) atoms. The highest BCUT2D eigenvalue weighted by Crippen LogP contribution is 2.07. The Labute approximate surface area is 105 Å². The Morgan fingerprint density at radius 2 is 2.17 bits per heavy atom. The Bertz CT molecular complexity index is 543. The van der Waals surface area contributed by atoms with Crippen molar-refractivity contribution in [1.82, 2.24) is 5.16 Å². The topological polar surface area (TPSA) is 52.3 Å². The molecular weight excluding hydrogens is 230 g/mol. The third-order valence-electron chi connectivity index (χ3n) is 2.39. The first-order valence-electron chi connectivity index (χ1n) is 5.57. The van der Waals surface area contributed by atoms with Crippen molar-refractivity contribution >= 4 is 12.0 Å². The van der Waals surface area contributed by atoms with Crippen LogP contribution in [0.5, 0.6) is 0 Å². The second-order valence-electron chi connectivity index (χ2n) is 3.71. The zero-order chi connectivity index (χ0) is 12.8. The van der Waals surface area contributed by atoms with E-state index in [1.807, 2.05) is 36.4 Å². The molecule has 0 aliphatic carbocycles. The molecule has 0 radical (unpaired) electrons. The van der Waals surface area contributed by atoms with E-state index in [-0.39, 0.29) is 6.61 Å². The van der Waals surface area contributed by atoms with Crippen LogP contribution in [0.2, 0.25) is 0 Å². The molecule has 0 spiro atoms. The lowest BCUT2D eigenvalue weighted by Gasteiger charge is -1.99. The van der Waals surface area contributed by atoms with Gasteiger partial charge in [0.1, 0.15) is 17.9 Å². The van der Waals surface area contributed by atoms with Crippen LogP contribution in [0, 0.1) is 6.92 Å². The summed E-state index contributed by atoms with van der Waals surface area (Å²) in [4.78, 5) is 11.6. The highest BCUT2D eigenvalue weighted by Gasteiger charge is 2.13. The van der Waals surface area contributed by atoms with Crippen LogP contribution in [0.15, 0.2) is 47.1 Å². The highest BCUT2D eigenvalue weighted by atomic mass is 16.5. The fourth-order valence-corrected chi connectivity index (χ4v) is 1.44. The van der Waals surface area contributed by atoms with Crippen LogP contribution in [-0.4, -0.2) is 17.7 Å². The van der Waals surface area contributed by atoms with Crippen molar-refractivity contribution < 1.29 is 14.1 Å². The number of aryl methyl sites for hydroxylation is 1. The summed E-state index contributed by atoms with van der Waals surface area (Å²) >= 11 is 0. The molecule has 4 heteroatoms. The average Bonchev–Trinajstić information content (AvgIpc) is 2.82. The smallest absolute Gasteiger partial charge is 0.343 e. The molecule has 92 valence electrons. The number of carbonyl (C=O) groups excluding carboxylic acids is 1. The van der Waals surface area contributed by atoms with Gasteiger partial charge in [0, 0.05) is 0 Å². The molecule has 1 aromatic heterocycles. The van der Waals surface area contributed by atoms with E-state index in [0.29, 0.717) is 11.3 Å². The Balaban J connectivity index is 1.84. The van der Waals surface area contributed by atoms with Gasteiger partial charge in [-0.05, 0) is 18.6 Å². The van der Waals surface area contributed by atoms with Gasteiger partial charge in [0.15, 0.2) is 0 Å². The van der Waals surface area contributed by atoms with Crippen LogP contribution < -0.4 is 0 Å². The van der Waals surface area contributed by atoms with Crippen molar-refractivity contribution in [3.8, 4) is 0 Å². The van der Waals surface area contributed by atoms with Crippen LogP contribution in [-0.2, 0) is 4.74 Å². The summed E-state index contributed by atoms with van der Waals surface area (Å²) in [5, 5.41) is 3.52. The van der Waals surface area contributed by atoms with Gasteiger partial charge in [-0.25, -0.2) is 4.79 Å². The van der Waals surface area contributed by atoms with Crippen LogP contribution in [0.25, 0.3) is 6.08 Å². The van der Waals surface area contributed by atoms with Gasteiger partial charge in [-0.3, -0.25) is 0 Å². The third kappa shape index (κ3) is 3.07. The minimum atomic E-state index is -0.425. The van der Waals surface area contributed by atoms with Gasteiger partial charge in [0.2, 0.25) is 0 Å². The van der Waals surface area contributed by atoms with Crippen molar-refractivity contribution in [2.24, 2.45) is 0 Å². The SMILES string of the molecule is Cc1oncc1C(=O)OCC=Cc1ccccc1. The summed E-state index contributed by atoms with van der Waals surface area (Å²) in [7, 11) is 0. The van der Waals surface area contributed by atoms with Crippen molar-refractivity contribution in [3.63, 3.8) is 0 Å². The van der Waals surface area contributed by atoms with Crippen molar-refractivity contribution in [1.29, 1.82) is 0 Å². The molecule has 0 fully saturated rings. The van der Waals surface area contributed by atoms with Gasteiger partial charge < -0.3 is 9.26 Å². The van der Waals surface area contributed by atoms with E-state index in [4.69, 9.17) is 9.26 Å². The molecule has 0 atom stereocenters. The quantitative estimate of drug-likeness (QED) is 0.775. The van der Waals surface area contributed by atoms with Gasteiger partial charge in [-0.1, -0.05) is 41.6 Å². The Kier molecular flexibility index (Phi) is 3.91. The first-order valence-corrected chi connectivity index (χ1v) is 5.57. The molecule has 0 saturated carbocycles. The lowest BCUT2D eigenvalue weighted by atomic mass is 10.2. The van der Waals surface area contributed by atoms with E-state index < -0.39 is 5.97 Å². The van der Waals surface area contributed by atoms with Gasteiger partial charge in [-0.15, -0.1) is 0 Å². The maximum absolute atomic E-state index is 11.6. The molecule has 1 aromatic carbocycles. The minimum absolute atomic E-state index is 0.221. The van der Waals surface area contributed by atoms with Crippen LogP contribution in [0.1, 0.15) is 21.7 Å². The first-order chi connectivity index (χ1) is 8.77. The fraction of sp³-hybridized carbons (Fsp3) is 0.143. The molecule has 1 heterocycles. The Hall–Kier alpha value is -2.36. The number of esters is 1. The van der Waals surface area contributed by atoms with Crippen molar-refractivity contribution in [2.45, 2.75) is 6.92 Å². The number of ether oxygens (including phenoxy) is 1. The van der Waals surface area contributed by atoms with Crippen molar-refractivity contribution in [2.75, 3.05) is 6.61 Å². The molecule has 0 bridgehead atoms. The monoisotopic (exact) mass is 243 g/mol. The Morgan fingerprint density at radius 1 is 1.39 bits per heavy atom. The zero-order valence-electron chi connectivity index (χ0n) is 10.00. The van der Waals surface area contributed by atoms with Crippen LogP contribution >= 0.6 is 0 Å². The van der Waals surface area contributed by atoms with E-state index in [2.05, 4.69) is 5.16 Å². The molecular formula is C14H13NO3. The fourth-order valence-electron chi connectivity index (χ4n) is 1.44.